The molecule has 0 spiro atoms. The van der Waals surface area contributed by atoms with Crippen LogP contribution in [-0.2, 0) is 0 Å². The minimum Gasteiger partial charge on any atom is -0.469 e. The van der Waals surface area contributed by atoms with Gasteiger partial charge in [0.1, 0.15) is 5.76 Å². The van der Waals surface area contributed by atoms with Crippen LogP contribution in [-0.4, -0.2) is 0 Å². The number of hydrogen-bond acceptors (Lipinski definition) is 3. The first-order valence-corrected chi connectivity index (χ1v) is 5.70. The van der Waals surface area contributed by atoms with Crippen LogP contribution in [0.3, 0.4) is 0 Å². The number of nitrogens with two attached hydrogens (primary N) is 1. The van der Waals surface area contributed by atoms with Gasteiger partial charge >= 0.3 is 0 Å². The fourth-order valence-corrected chi connectivity index (χ4v) is 2.07. The molecule has 1 aromatic carbocycles. The van der Waals surface area contributed by atoms with Crippen LogP contribution in [0.4, 0.5) is 0 Å². The zero-order valence-corrected chi connectivity index (χ0v) is 10.4. The van der Waals surface area contributed by atoms with E-state index in [0.29, 0.717) is 0 Å². The predicted molar refractivity (Wildman–Crippen MR) is 68.5 cm³/mol. The van der Waals surface area contributed by atoms with Crippen LogP contribution in [0.5, 0.6) is 0 Å². The molecule has 2 rings (SSSR count). The molecule has 0 aliphatic carbocycles. The van der Waals surface area contributed by atoms with Crippen LogP contribution in [0.1, 0.15) is 34.1 Å². The molecule has 2 aromatic rings. The van der Waals surface area contributed by atoms with Crippen molar-refractivity contribution in [3.8, 4) is 0 Å². The molecule has 3 nitrogen and oxygen atoms in total. The first-order chi connectivity index (χ1) is 8.13. The second-order valence-corrected chi connectivity index (χ2v) is 4.38. The Kier molecular flexibility index (Phi) is 3.31. The van der Waals surface area contributed by atoms with E-state index in [4.69, 9.17) is 10.3 Å². The van der Waals surface area contributed by atoms with E-state index in [1.54, 1.807) is 6.26 Å². The molecule has 1 aromatic heterocycles. The third-order valence-corrected chi connectivity index (χ3v) is 3.21. The van der Waals surface area contributed by atoms with Crippen LogP contribution < -0.4 is 11.3 Å². The molecule has 0 bridgehead atoms. The van der Waals surface area contributed by atoms with Crippen molar-refractivity contribution in [2.45, 2.75) is 26.8 Å². The average Bonchev–Trinajstić information content (AvgIpc) is 2.72. The molecule has 0 amide bonds. The second kappa shape index (κ2) is 4.73. The van der Waals surface area contributed by atoms with Gasteiger partial charge < -0.3 is 4.42 Å². The molecule has 3 N–H and O–H groups in total. The van der Waals surface area contributed by atoms with E-state index >= 15 is 0 Å². The first kappa shape index (κ1) is 11.9. The molecule has 0 saturated carbocycles. The van der Waals surface area contributed by atoms with Crippen LogP contribution >= 0.6 is 0 Å². The molecule has 0 fully saturated rings. The van der Waals surface area contributed by atoms with Gasteiger partial charge in [-0.15, -0.1) is 0 Å². The smallest absolute Gasteiger partial charge is 0.101 e. The Hall–Kier alpha value is -1.58. The van der Waals surface area contributed by atoms with Gasteiger partial charge in [0.05, 0.1) is 12.3 Å². The summed E-state index contributed by atoms with van der Waals surface area (Å²) in [6.07, 6.45) is 1.75. The quantitative estimate of drug-likeness (QED) is 0.629. The van der Waals surface area contributed by atoms with Crippen LogP contribution in [0, 0.1) is 20.8 Å². The Labute approximate surface area is 102 Å². The molecule has 90 valence electrons. The summed E-state index contributed by atoms with van der Waals surface area (Å²) < 4.78 is 5.34. The largest absolute Gasteiger partial charge is 0.469 e. The summed E-state index contributed by atoms with van der Waals surface area (Å²) in [5, 5.41) is 0. The molecule has 1 atom stereocenters. The van der Waals surface area contributed by atoms with E-state index in [0.717, 1.165) is 11.3 Å². The SMILES string of the molecule is Cc1cc(C(NN)c2cccc(C)c2C)co1. The fraction of sp³-hybridized carbons (Fsp3) is 0.286. The molecule has 0 saturated heterocycles. The van der Waals surface area contributed by atoms with Crippen LogP contribution in [0.2, 0.25) is 0 Å². The Bertz CT molecular complexity index is 517. The van der Waals surface area contributed by atoms with Gasteiger partial charge in [-0.2, -0.15) is 0 Å². The minimum absolute atomic E-state index is 0.0210. The molecule has 1 unspecified atom stereocenters. The third-order valence-electron chi connectivity index (χ3n) is 3.21. The standard InChI is InChI=1S/C14H18N2O/c1-9-5-4-6-13(11(9)3)14(16-15)12-7-10(2)17-8-12/h4-8,14,16H,15H2,1-3H3. The lowest BCUT2D eigenvalue weighted by atomic mass is 9.94. The predicted octanol–water partition coefficient (Wildman–Crippen LogP) is 2.76. The van der Waals surface area contributed by atoms with Crippen molar-refractivity contribution in [2.24, 2.45) is 5.84 Å². The van der Waals surface area contributed by atoms with Crippen molar-refractivity contribution >= 4 is 0 Å². The van der Waals surface area contributed by atoms with E-state index in [-0.39, 0.29) is 6.04 Å². The topological polar surface area (TPSA) is 51.2 Å². The van der Waals surface area contributed by atoms with Gasteiger partial charge in [0.15, 0.2) is 0 Å². The van der Waals surface area contributed by atoms with Gasteiger partial charge in [0.2, 0.25) is 0 Å². The first-order valence-electron chi connectivity index (χ1n) is 5.70. The normalized spacial score (nSPS) is 12.7. The molecule has 3 heteroatoms. The summed E-state index contributed by atoms with van der Waals surface area (Å²) in [7, 11) is 0. The lowest BCUT2D eigenvalue weighted by Crippen LogP contribution is -2.29. The van der Waals surface area contributed by atoms with Gasteiger partial charge in [-0.1, -0.05) is 18.2 Å². The highest BCUT2D eigenvalue weighted by atomic mass is 16.3. The zero-order chi connectivity index (χ0) is 12.4. The lowest BCUT2D eigenvalue weighted by Gasteiger charge is -2.18. The van der Waals surface area contributed by atoms with E-state index in [2.05, 4.69) is 37.5 Å². The third kappa shape index (κ3) is 2.25. The van der Waals surface area contributed by atoms with Gasteiger partial charge in [-0.3, -0.25) is 5.84 Å². The molecule has 0 aliphatic rings. The lowest BCUT2D eigenvalue weighted by molar-refractivity contribution is 0.525. The summed E-state index contributed by atoms with van der Waals surface area (Å²) >= 11 is 0. The highest BCUT2D eigenvalue weighted by Gasteiger charge is 2.16. The van der Waals surface area contributed by atoms with E-state index < -0.39 is 0 Å². The minimum atomic E-state index is -0.0210. The van der Waals surface area contributed by atoms with E-state index in [9.17, 15) is 0 Å². The average molecular weight is 230 g/mol. The molecular weight excluding hydrogens is 212 g/mol. The second-order valence-electron chi connectivity index (χ2n) is 4.38. The van der Waals surface area contributed by atoms with Crippen molar-refractivity contribution in [1.82, 2.24) is 5.43 Å². The maximum absolute atomic E-state index is 5.67. The van der Waals surface area contributed by atoms with Crippen LogP contribution in [0.15, 0.2) is 34.9 Å². The van der Waals surface area contributed by atoms with Crippen molar-refractivity contribution in [3.63, 3.8) is 0 Å². The Morgan fingerprint density at radius 2 is 2.00 bits per heavy atom. The van der Waals surface area contributed by atoms with Crippen molar-refractivity contribution < 1.29 is 4.42 Å². The van der Waals surface area contributed by atoms with Gasteiger partial charge in [0.25, 0.3) is 0 Å². The maximum Gasteiger partial charge on any atom is 0.101 e. The Morgan fingerprint density at radius 3 is 2.59 bits per heavy atom. The summed E-state index contributed by atoms with van der Waals surface area (Å²) in [5.74, 6) is 6.57. The highest BCUT2D eigenvalue weighted by Crippen LogP contribution is 2.27. The number of furan rings is 1. The van der Waals surface area contributed by atoms with Crippen molar-refractivity contribution in [2.75, 3.05) is 0 Å². The number of benzene rings is 1. The summed E-state index contributed by atoms with van der Waals surface area (Å²) in [6.45, 7) is 6.15. The van der Waals surface area contributed by atoms with E-state index in [1.165, 1.54) is 16.7 Å². The number of aryl methyl sites for hydroxylation is 2. The number of rotatable bonds is 3. The summed E-state index contributed by atoms with van der Waals surface area (Å²) in [4.78, 5) is 0. The van der Waals surface area contributed by atoms with Gasteiger partial charge in [-0.25, -0.2) is 5.43 Å². The van der Waals surface area contributed by atoms with Gasteiger partial charge in [-0.05, 0) is 43.5 Å². The Balaban J connectivity index is 2.45. The molecular formula is C14H18N2O. The van der Waals surface area contributed by atoms with Crippen molar-refractivity contribution in [1.29, 1.82) is 0 Å². The van der Waals surface area contributed by atoms with Gasteiger partial charge in [0, 0.05) is 5.56 Å². The van der Waals surface area contributed by atoms with E-state index in [1.807, 2.05) is 13.0 Å². The molecule has 0 aliphatic heterocycles. The summed E-state index contributed by atoms with van der Waals surface area (Å²) in [5.41, 5.74) is 7.62. The molecule has 0 radical (unpaired) electrons. The Morgan fingerprint density at radius 1 is 1.24 bits per heavy atom. The maximum atomic E-state index is 5.67. The number of hydrazine groups is 1. The fourth-order valence-electron chi connectivity index (χ4n) is 2.07. The summed E-state index contributed by atoms with van der Waals surface area (Å²) in [6, 6.07) is 8.23. The number of hydrogen-bond donors (Lipinski definition) is 2. The highest BCUT2D eigenvalue weighted by molar-refractivity contribution is 5.40. The molecule has 1 heterocycles. The van der Waals surface area contributed by atoms with Crippen LogP contribution in [0.25, 0.3) is 0 Å². The number of nitrogens with one attached hydrogen (secondary N) is 1. The zero-order valence-electron chi connectivity index (χ0n) is 10.4. The molecule has 17 heavy (non-hydrogen) atoms. The van der Waals surface area contributed by atoms with Crippen molar-refractivity contribution in [3.05, 3.63) is 58.5 Å². The monoisotopic (exact) mass is 230 g/mol.